The smallest absolute Gasteiger partial charge is 0.0119 e. The van der Waals surface area contributed by atoms with E-state index in [2.05, 4.69) is 60.7 Å². The molecule has 1 unspecified atom stereocenters. The minimum Gasteiger partial charge on any atom is -0.0622 e. The molecule has 98 valence electrons. The van der Waals surface area contributed by atoms with Gasteiger partial charge in [-0.05, 0) is 35.8 Å². The Kier molecular flexibility index (Phi) is 3.98. The van der Waals surface area contributed by atoms with E-state index in [0.29, 0.717) is 5.92 Å². The van der Waals surface area contributed by atoms with Crippen molar-refractivity contribution >= 4 is 0 Å². The minimum atomic E-state index is 0.689. The first kappa shape index (κ1) is 12.5. The van der Waals surface area contributed by atoms with E-state index in [9.17, 15) is 0 Å². The zero-order chi connectivity index (χ0) is 12.9. The number of benzene rings is 2. The summed E-state index contributed by atoms with van der Waals surface area (Å²) in [6.45, 7) is 0. The lowest BCUT2D eigenvalue weighted by atomic mass is 9.75. The normalized spacial score (nSPS) is 16.8. The van der Waals surface area contributed by atoms with Gasteiger partial charge >= 0.3 is 0 Å². The summed E-state index contributed by atoms with van der Waals surface area (Å²) in [4.78, 5) is 0. The van der Waals surface area contributed by atoms with Crippen molar-refractivity contribution in [2.45, 2.75) is 38.0 Å². The highest BCUT2D eigenvalue weighted by Gasteiger charge is 2.23. The molecule has 3 rings (SSSR count). The van der Waals surface area contributed by atoms with E-state index in [1.807, 2.05) is 0 Å². The molecular formula is C19H22. The van der Waals surface area contributed by atoms with Crippen LogP contribution in [0.4, 0.5) is 0 Å². The molecule has 19 heavy (non-hydrogen) atoms. The molecule has 0 bridgehead atoms. The third-order valence-electron chi connectivity index (χ3n) is 4.44. The molecule has 0 heterocycles. The molecule has 0 N–H and O–H groups in total. The van der Waals surface area contributed by atoms with Crippen molar-refractivity contribution in [2.75, 3.05) is 0 Å². The second-order valence-corrected chi connectivity index (χ2v) is 5.83. The summed E-state index contributed by atoms with van der Waals surface area (Å²) in [5.41, 5.74) is 2.98. The lowest BCUT2D eigenvalue weighted by Gasteiger charge is -2.30. The fraction of sp³-hybridized carbons (Fsp3) is 0.368. The first-order valence-electron chi connectivity index (χ1n) is 7.50. The zero-order valence-corrected chi connectivity index (χ0v) is 11.5. The molecule has 1 fully saturated rings. The fourth-order valence-corrected chi connectivity index (χ4v) is 3.09. The third-order valence-corrected chi connectivity index (χ3v) is 4.44. The summed E-state index contributed by atoms with van der Waals surface area (Å²) < 4.78 is 0. The van der Waals surface area contributed by atoms with Gasteiger partial charge in [-0.3, -0.25) is 0 Å². The number of hydrogen-bond acceptors (Lipinski definition) is 0. The standard InChI is InChI=1S/C19H22/c1-3-8-16(9-4-1)14-19(15-17-10-7-11-17)18-12-5-2-6-13-18/h1-6,8-9,12-13,17,19H,7,10-11,14-15H2. The second-order valence-electron chi connectivity index (χ2n) is 5.83. The van der Waals surface area contributed by atoms with Crippen molar-refractivity contribution in [3.05, 3.63) is 71.8 Å². The van der Waals surface area contributed by atoms with Crippen LogP contribution in [0, 0.1) is 5.92 Å². The van der Waals surface area contributed by atoms with E-state index in [1.54, 1.807) is 0 Å². The van der Waals surface area contributed by atoms with Crippen LogP contribution in [-0.2, 0) is 6.42 Å². The second kappa shape index (κ2) is 6.06. The van der Waals surface area contributed by atoms with Gasteiger partial charge in [0.05, 0.1) is 0 Å². The molecule has 0 amide bonds. The summed E-state index contributed by atoms with van der Waals surface area (Å²) in [6.07, 6.45) is 6.87. The predicted octanol–water partition coefficient (Wildman–Crippen LogP) is 5.20. The SMILES string of the molecule is c1ccc(CC(CC2CCC2)c2ccccc2)cc1. The summed E-state index contributed by atoms with van der Waals surface area (Å²) in [6, 6.07) is 22.0. The van der Waals surface area contributed by atoms with Crippen LogP contribution in [0.15, 0.2) is 60.7 Å². The van der Waals surface area contributed by atoms with Crippen molar-refractivity contribution in [3.8, 4) is 0 Å². The molecule has 2 aromatic rings. The van der Waals surface area contributed by atoms with Crippen molar-refractivity contribution in [1.82, 2.24) is 0 Å². The lowest BCUT2D eigenvalue weighted by Crippen LogP contribution is -2.16. The topological polar surface area (TPSA) is 0 Å². The van der Waals surface area contributed by atoms with Gasteiger partial charge in [-0.1, -0.05) is 79.9 Å². The van der Waals surface area contributed by atoms with Gasteiger partial charge in [0.25, 0.3) is 0 Å². The quantitative estimate of drug-likeness (QED) is 0.684. The number of rotatable bonds is 5. The molecule has 1 aliphatic rings. The van der Waals surface area contributed by atoms with Gasteiger partial charge in [-0.15, -0.1) is 0 Å². The fourth-order valence-electron chi connectivity index (χ4n) is 3.09. The highest BCUT2D eigenvalue weighted by molar-refractivity contribution is 5.24. The van der Waals surface area contributed by atoms with Crippen LogP contribution in [0.5, 0.6) is 0 Å². The molecular weight excluding hydrogens is 228 g/mol. The zero-order valence-electron chi connectivity index (χ0n) is 11.5. The first-order chi connectivity index (χ1) is 9.42. The van der Waals surface area contributed by atoms with Gasteiger partial charge in [-0.2, -0.15) is 0 Å². The maximum absolute atomic E-state index is 2.30. The van der Waals surface area contributed by atoms with Crippen LogP contribution < -0.4 is 0 Å². The Morgan fingerprint density at radius 2 is 1.47 bits per heavy atom. The average molecular weight is 250 g/mol. The molecule has 0 saturated heterocycles. The van der Waals surface area contributed by atoms with E-state index in [0.717, 1.165) is 5.92 Å². The van der Waals surface area contributed by atoms with Crippen LogP contribution in [0.25, 0.3) is 0 Å². The molecule has 0 nitrogen and oxygen atoms in total. The van der Waals surface area contributed by atoms with E-state index >= 15 is 0 Å². The Labute approximate surface area is 116 Å². The first-order valence-corrected chi connectivity index (χ1v) is 7.50. The maximum atomic E-state index is 2.30. The summed E-state index contributed by atoms with van der Waals surface area (Å²) in [7, 11) is 0. The monoisotopic (exact) mass is 250 g/mol. The maximum Gasteiger partial charge on any atom is -0.0119 e. The Balaban J connectivity index is 1.75. The molecule has 2 aromatic carbocycles. The predicted molar refractivity (Wildman–Crippen MR) is 81.3 cm³/mol. The van der Waals surface area contributed by atoms with E-state index < -0.39 is 0 Å². The van der Waals surface area contributed by atoms with Crippen molar-refractivity contribution in [1.29, 1.82) is 0 Å². The highest BCUT2D eigenvalue weighted by atomic mass is 14.3. The molecule has 0 heteroatoms. The molecule has 0 aliphatic heterocycles. The molecule has 0 aromatic heterocycles. The average Bonchev–Trinajstić information content (AvgIpc) is 2.43. The Bertz CT molecular complexity index is 482. The largest absolute Gasteiger partial charge is 0.0622 e. The van der Waals surface area contributed by atoms with Crippen LogP contribution in [0.1, 0.15) is 42.7 Å². The van der Waals surface area contributed by atoms with Crippen LogP contribution in [0.3, 0.4) is 0 Å². The Morgan fingerprint density at radius 3 is 2.05 bits per heavy atom. The summed E-state index contributed by atoms with van der Waals surface area (Å²) in [5, 5.41) is 0. The lowest BCUT2D eigenvalue weighted by molar-refractivity contribution is 0.275. The van der Waals surface area contributed by atoms with Crippen molar-refractivity contribution < 1.29 is 0 Å². The minimum absolute atomic E-state index is 0.689. The van der Waals surface area contributed by atoms with Crippen molar-refractivity contribution in [3.63, 3.8) is 0 Å². The van der Waals surface area contributed by atoms with Crippen molar-refractivity contribution in [2.24, 2.45) is 5.92 Å². The third kappa shape index (κ3) is 3.26. The Morgan fingerprint density at radius 1 is 0.842 bits per heavy atom. The molecule has 1 atom stereocenters. The van der Waals surface area contributed by atoms with E-state index in [1.165, 1.54) is 43.2 Å². The molecule has 0 radical (unpaired) electrons. The van der Waals surface area contributed by atoms with Gasteiger partial charge < -0.3 is 0 Å². The van der Waals surface area contributed by atoms with Gasteiger partial charge in [-0.25, -0.2) is 0 Å². The van der Waals surface area contributed by atoms with Gasteiger partial charge in [0.1, 0.15) is 0 Å². The van der Waals surface area contributed by atoms with E-state index in [-0.39, 0.29) is 0 Å². The van der Waals surface area contributed by atoms with Crippen LogP contribution in [-0.4, -0.2) is 0 Å². The number of hydrogen-bond donors (Lipinski definition) is 0. The van der Waals surface area contributed by atoms with Crippen LogP contribution >= 0.6 is 0 Å². The molecule has 0 spiro atoms. The molecule has 1 aliphatic carbocycles. The Hall–Kier alpha value is -1.56. The summed E-state index contributed by atoms with van der Waals surface area (Å²) >= 11 is 0. The summed E-state index contributed by atoms with van der Waals surface area (Å²) in [5.74, 6) is 1.66. The highest BCUT2D eigenvalue weighted by Crippen LogP contribution is 2.37. The van der Waals surface area contributed by atoms with Gasteiger partial charge in [0.15, 0.2) is 0 Å². The van der Waals surface area contributed by atoms with E-state index in [4.69, 9.17) is 0 Å². The van der Waals surface area contributed by atoms with Gasteiger partial charge in [0, 0.05) is 0 Å². The van der Waals surface area contributed by atoms with Crippen LogP contribution in [0.2, 0.25) is 0 Å². The van der Waals surface area contributed by atoms with Gasteiger partial charge in [0.2, 0.25) is 0 Å². The molecule has 1 saturated carbocycles.